The van der Waals surface area contributed by atoms with Crippen molar-refractivity contribution in [3.05, 3.63) is 28.8 Å². The predicted molar refractivity (Wildman–Crippen MR) is 64.6 cm³/mol. The second-order valence-corrected chi connectivity index (χ2v) is 7.00. The normalized spacial score (nSPS) is 21.2. The van der Waals surface area contributed by atoms with Gasteiger partial charge < -0.3 is 0 Å². The molecule has 1 heterocycles. The van der Waals surface area contributed by atoms with E-state index in [1.165, 1.54) is 10.6 Å². The minimum atomic E-state index is -3.19. The van der Waals surface area contributed by atoms with Crippen molar-refractivity contribution in [1.29, 1.82) is 0 Å². The summed E-state index contributed by atoms with van der Waals surface area (Å²) in [7, 11) is -3.19. The zero-order chi connectivity index (χ0) is 11.6. The number of rotatable bonds is 1. The van der Waals surface area contributed by atoms with Crippen LogP contribution < -0.4 is 4.31 Å². The van der Waals surface area contributed by atoms with E-state index >= 15 is 0 Å². The summed E-state index contributed by atoms with van der Waals surface area (Å²) in [6, 6.07) is 5.49. The third-order valence-corrected chi connectivity index (χ3v) is 4.93. The Morgan fingerprint density at radius 1 is 1.38 bits per heavy atom. The molecule has 0 N–H and O–H groups in total. The van der Waals surface area contributed by atoms with E-state index in [4.69, 9.17) is 11.6 Å². The molecule has 1 aliphatic heterocycles. The van der Waals surface area contributed by atoms with Crippen molar-refractivity contribution < 1.29 is 8.42 Å². The fourth-order valence-corrected chi connectivity index (χ4v) is 3.90. The highest BCUT2D eigenvalue weighted by Gasteiger charge is 2.54. The molecule has 1 fully saturated rings. The molecular formula is C11H12ClNO2S. The van der Waals surface area contributed by atoms with Crippen molar-refractivity contribution in [3.63, 3.8) is 0 Å². The van der Waals surface area contributed by atoms with Crippen LogP contribution in [0.1, 0.15) is 18.4 Å². The average molecular weight is 258 g/mol. The molecule has 86 valence electrons. The van der Waals surface area contributed by atoms with Crippen LogP contribution in [0.2, 0.25) is 5.02 Å². The van der Waals surface area contributed by atoms with Gasteiger partial charge in [-0.25, -0.2) is 8.42 Å². The first-order valence-corrected chi connectivity index (χ1v) is 7.43. The number of sulfonamides is 1. The Labute approximate surface area is 100 Å². The monoisotopic (exact) mass is 257 g/mol. The highest BCUT2D eigenvalue weighted by Crippen LogP contribution is 2.58. The summed E-state index contributed by atoms with van der Waals surface area (Å²) in [5.74, 6) is 0. The molecule has 0 radical (unpaired) electrons. The van der Waals surface area contributed by atoms with E-state index in [-0.39, 0.29) is 5.41 Å². The van der Waals surface area contributed by atoms with Crippen molar-refractivity contribution in [2.45, 2.75) is 18.3 Å². The quantitative estimate of drug-likeness (QED) is 0.773. The van der Waals surface area contributed by atoms with Gasteiger partial charge in [-0.2, -0.15) is 0 Å². The van der Waals surface area contributed by atoms with Crippen LogP contribution in [0.3, 0.4) is 0 Å². The van der Waals surface area contributed by atoms with Gasteiger partial charge in [0.15, 0.2) is 0 Å². The van der Waals surface area contributed by atoms with Crippen LogP contribution in [0.5, 0.6) is 0 Å². The van der Waals surface area contributed by atoms with Crippen molar-refractivity contribution in [2.75, 3.05) is 17.1 Å². The van der Waals surface area contributed by atoms with E-state index in [0.29, 0.717) is 11.6 Å². The zero-order valence-electron chi connectivity index (χ0n) is 8.90. The van der Waals surface area contributed by atoms with Crippen LogP contribution in [0.25, 0.3) is 0 Å². The zero-order valence-corrected chi connectivity index (χ0v) is 10.5. The molecule has 0 saturated heterocycles. The number of hydrogen-bond acceptors (Lipinski definition) is 2. The van der Waals surface area contributed by atoms with Gasteiger partial charge in [0.05, 0.1) is 11.9 Å². The Bertz CT molecular complexity index is 563. The van der Waals surface area contributed by atoms with Crippen LogP contribution in [0.15, 0.2) is 18.2 Å². The number of nitrogens with zero attached hydrogens (tertiary/aromatic N) is 1. The Morgan fingerprint density at radius 3 is 2.62 bits per heavy atom. The molecule has 0 unspecified atom stereocenters. The summed E-state index contributed by atoms with van der Waals surface area (Å²) in [5.41, 5.74) is 1.81. The average Bonchev–Trinajstić information content (AvgIpc) is 2.83. The Kier molecular flexibility index (Phi) is 1.91. The Balaban J connectivity index is 2.24. The first kappa shape index (κ1) is 10.4. The molecule has 1 saturated carbocycles. The van der Waals surface area contributed by atoms with Gasteiger partial charge in [-0.05, 0) is 25.0 Å². The third kappa shape index (κ3) is 1.29. The van der Waals surface area contributed by atoms with Gasteiger partial charge in [0, 0.05) is 22.5 Å². The lowest BCUT2D eigenvalue weighted by molar-refractivity contribution is 0.594. The number of anilines is 1. The lowest BCUT2D eigenvalue weighted by Crippen LogP contribution is -2.30. The highest BCUT2D eigenvalue weighted by molar-refractivity contribution is 7.92. The van der Waals surface area contributed by atoms with Gasteiger partial charge in [-0.15, -0.1) is 0 Å². The number of fused-ring (bicyclic) bond motifs is 2. The Morgan fingerprint density at radius 2 is 2.06 bits per heavy atom. The molecule has 0 atom stereocenters. The summed E-state index contributed by atoms with van der Waals surface area (Å²) < 4.78 is 24.9. The summed E-state index contributed by atoms with van der Waals surface area (Å²) in [5, 5.41) is 0.696. The van der Waals surface area contributed by atoms with E-state index in [9.17, 15) is 8.42 Å². The minimum Gasteiger partial charge on any atom is -0.269 e. The standard InChI is InChI=1S/C11H12ClNO2S/c1-16(14,15)13-7-11(5-6-11)10-8(12)3-2-4-9(10)13/h2-4H,5-7H2,1H3. The van der Waals surface area contributed by atoms with E-state index in [1.54, 1.807) is 6.07 Å². The van der Waals surface area contributed by atoms with Gasteiger partial charge >= 0.3 is 0 Å². The van der Waals surface area contributed by atoms with E-state index in [0.717, 1.165) is 24.1 Å². The molecule has 1 aromatic carbocycles. The number of hydrogen-bond donors (Lipinski definition) is 0. The molecule has 16 heavy (non-hydrogen) atoms. The summed E-state index contributed by atoms with van der Waals surface area (Å²) in [4.78, 5) is 0. The summed E-state index contributed by atoms with van der Waals surface area (Å²) >= 11 is 6.19. The Hall–Kier alpha value is -0.740. The fraction of sp³-hybridized carbons (Fsp3) is 0.455. The first-order valence-electron chi connectivity index (χ1n) is 5.21. The van der Waals surface area contributed by atoms with Crippen LogP contribution >= 0.6 is 11.6 Å². The maximum absolute atomic E-state index is 11.7. The van der Waals surface area contributed by atoms with Crippen LogP contribution in [0, 0.1) is 0 Å². The summed E-state index contributed by atoms with van der Waals surface area (Å²) in [6.45, 7) is 0.560. The number of benzene rings is 1. The van der Waals surface area contributed by atoms with Crippen molar-refractivity contribution in [3.8, 4) is 0 Å². The van der Waals surface area contributed by atoms with Crippen LogP contribution in [0.4, 0.5) is 5.69 Å². The van der Waals surface area contributed by atoms with Crippen LogP contribution in [-0.2, 0) is 15.4 Å². The van der Waals surface area contributed by atoms with Gasteiger partial charge in [-0.1, -0.05) is 17.7 Å². The largest absolute Gasteiger partial charge is 0.269 e. The van der Waals surface area contributed by atoms with E-state index in [1.807, 2.05) is 12.1 Å². The molecular weight excluding hydrogens is 246 g/mol. The van der Waals surface area contributed by atoms with Gasteiger partial charge in [-0.3, -0.25) is 4.31 Å². The predicted octanol–water partition coefficient (Wildman–Crippen LogP) is 2.15. The van der Waals surface area contributed by atoms with Gasteiger partial charge in [0.2, 0.25) is 10.0 Å². The maximum atomic E-state index is 11.7. The first-order chi connectivity index (χ1) is 7.44. The van der Waals surface area contributed by atoms with E-state index < -0.39 is 10.0 Å². The molecule has 1 aromatic rings. The maximum Gasteiger partial charge on any atom is 0.232 e. The molecule has 5 heteroatoms. The molecule has 0 amide bonds. The molecule has 0 aromatic heterocycles. The van der Waals surface area contributed by atoms with Crippen LogP contribution in [-0.4, -0.2) is 21.2 Å². The smallest absolute Gasteiger partial charge is 0.232 e. The molecule has 1 aliphatic carbocycles. The molecule has 3 rings (SSSR count). The minimum absolute atomic E-state index is 0.0107. The number of halogens is 1. The topological polar surface area (TPSA) is 37.4 Å². The highest BCUT2D eigenvalue weighted by atomic mass is 35.5. The lowest BCUT2D eigenvalue weighted by Gasteiger charge is -2.16. The SMILES string of the molecule is CS(=O)(=O)N1CC2(CC2)c2c(Cl)cccc21. The molecule has 0 bridgehead atoms. The third-order valence-electron chi connectivity index (χ3n) is 3.49. The second-order valence-electron chi connectivity index (χ2n) is 4.68. The second kappa shape index (κ2) is 2.93. The van der Waals surface area contributed by atoms with Crippen molar-refractivity contribution in [2.24, 2.45) is 0 Å². The van der Waals surface area contributed by atoms with E-state index in [2.05, 4.69) is 0 Å². The molecule has 3 nitrogen and oxygen atoms in total. The van der Waals surface area contributed by atoms with Crippen molar-refractivity contribution in [1.82, 2.24) is 0 Å². The van der Waals surface area contributed by atoms with Crippen molar-refractivity contribution >= 4 is 27.3 Å². The molecule has 2 aliphatic rings. The summed E-state index contributed by atoms with van der Waals surface area (Å²) in [6.07, 6.45) is 3.32. The fourth-order valence-electron chi connectivity index (χ4n) is 2.54. The van der Waals surface area contributed by atoms with Gasteiger partial charge in [0.25, 0.3) is 0 Å². The van der Waals surface area contributed by atoms with Gasteiger partial charge in [0.1, 0.15) is 0 Å². The lowest BCUT2D eigenvalue weighted by atomic mass is 9.99. The molecule has 1 spiro atoms.